The molecule has 1 saturated carbocycles. The van der Waals surface area contributed by atoms with Gasteiger partial charge in [-0.1, -0.05) is 18.9 Å². The van der Waals surface area contributed by atoms with E-state index in [0.717, 1.165) is 31.2 Å². The minimum absolute atomic E-state index is 0.104. The van der Waals surface area contributed by atoms with Crippen molar-refractivity contribution in [3.63, 3.8) is 0 Å². The number of rotatable bonds is 5. The van der Waals surface area contributed by atoms with Gasteiger partial charge in [0.25, 0.3) is 0 Å². The van der Waals surface area contributed by atoms with E-state index in [-0.39, 0.29) is 23.2 Å². The van der Waals surface area contributed by atoms with E-state index in [1.54, 1.807) is 13.2 Å². The summed E-state index contributed by atoms with van der Waals surface area (Å²) in [5.74, 6) is -0.0790. The van der Waals surface area contributed by atoms with Crippen molar-refractivity contribution in [3.8, 4) is 5.75 Å². The standard InChI is InChI=1S/C15H22FNO2/c1-18-13-6-5-11(9-12(13)16)10-14(17)15(19-2)7-3-4-8-15/h5-6,9,14H,3-4,7-8,10,17H2,1-2H3. The van der Waals surface area contributed by atoms with Gasteiger partial charge < -0.3 is 15.2 Å². The topological polar surface area (TPSA) is 44.5 Å². The van der Waals surface area contributed by atoms with E-state index in [4.69, 9.17) is 15.2 Å². The molecule has 0 aromatic heterocycles. The van der Waals surface area contributed by atoms with Crippen LogP contribution in [0.1, 0.15) is 31.2 Å². The second-order valence-electron chi connectivity index (χ2n) is 5.26. The van der Waals surface area contributed by atoms with Crippen LogP contribution in [0.2, 0.25) is 0 Å². The van der Waals surface area contributed by atoms with Crippen molar-refractivity contribution in [2.75, 3.05) is 14.2 Å². The van der Waals surface area contributed by atoms with Crippen LogP contribution in [0, 0.1) is 5.82 Å². The Kier molecular flexibility index (Phi) is 4.42. The third kappa shape index (κ3) is 2.90. The lowest BCUT2D eigenvalue weighted by molar-refractivity contribution is -0.0253. The molecule has 0 amide bonds. The molecule has 0 spiro atoms. The maximum absolute atomic E-state index is 13.7. The molecule has 0 aliphatic heterocycles. The molecule has 1 aliphatic rings. The van der Waals surface area contributed by atoms with Crippen LogP contribution in [0.25, 0.3) is 0 Å². The second-order valence-corrected chi connectivity index (χ2v) is 5.26. The minimum atomic E-state index is -0.343. The minimum Gasteiger partial charge on any atom is -0.494 e. The summed E-state index contributed by atoms with van der Waals surface area (Å²) in [6, 6.07) is 4.90. The molecule has 2 N–H and O–H groups in total. The number of ether oxygens (including phenoxy) is 2. The highest BCUT2D eigenvalue weighted by atomic mass is 19.1. The van der Waals surface area contributed by atoms with Crippen LogP contribution < -0.4 is 10.5 Å². The van der Waals surface area contributed by atoms with Gasteiger partial charge in [-0.15, -0.1) is 0 Å². The Hall–Kier alpha value is -1.13. The van der Waals surface area contributed by atoms with E-state index >= 15 is 0 Å². The van der Waals surface area contributed by atoms with Gasteiger partial charge in [0, 0.05) is 13.2 Å². The van der Waals surface area contributed by atoms with Gasteiger partial charge in [0.1, 0.15) is 0 Å². The van der Waals surface area contributed by atoms with Gasteiger partial charge in [0.15, 0.2) is 11.6 Å². The fourth-order valence-corrected chi connectivity index (χ4v) is 2.98. The fraction of sp³-hybridized carbons (Fsp3) is 0.600. The Morgan fingerprint density at radius 3 is 2.53 bits per heavy atom. The normalized spacial score (nSPS) is 19.4. The molecule has 2 rings (SSSR count). The fourth-order valence-electron chi connectivity index (χ4n) is 2.98. The third-order valence-electron chi connectivity index (χ3n) is 4.20. The predicted molar refractivity (Wildman–Crippen MR) is 72.8 cm³/mol. The largest absolute Gasteiger partial charge is 0.494 e. The highest BCUT2D eigenvalue weighted by molar-refractivity contribution is 5.30. The van der Waals surface area contributed by atoms with Crippen molar-refractivity contribution in [3.05, 3.63) is 29.6 Å². The molecule has 0 bridgehead atoms. The van der Waals surface area contributed by atoms with Crippen molar-refractivity contribution in [1.29, 1.82) is 0 Å². The molecule has 0 heterocycles. The zero-order valence-corrected chi connectivity index (χ0v) is 11.6. The Morgan fingerprint density at radius 1 is 1.32 bits per heavy atom. The third-order valence-corrected chi connectivity index (χ3v) is 4.20. The van der Waals surface area contributed by atoms with Crippen molar-refractivity contribution in [2.45, 2.75) is 43.7 Å². The first-order chi connectivity index (χ1) is 9.11. The summed E-state index contributed by atoms with van der Waals surface area (Å²) in [6.07, 6.45) is 4.90. The maximum Gasteiger partial charge on any atom is 0.165 e. The lowest BCUT2D eigenvalue weighted by Crippen LogP contribution is -2.48. The molecule has 1 unspecified atom stereocenters. The Balaban J connectivity index is 2.10. The summed E-state index contributed by atoms with van der Waals surface area (Å²) >= 11 is 0. The number of halogens is 1. The zero-order valence-electron chi connectivity index (χ0n) is 11.6. The smallest absolute Gasteiger partial charge is 0.165 e. The maximum atomic E-state index is 13.7. The van der Waals surface area contributed by atoms with Gasteiger partial charge in [0.2, 0.25) is 0 Å². The van der Waals surface area contributed by atoms with Crippen LogP contribution in [0.3, 0.4) is 0 Å². The molecule has 0 radical (unpaired) electrons. The van der Waals surface area contributed by atoms with Crippen molar-refractivity contribution >= 4 is 0 Å². The number of benzene rings is 1. The van der Waals surface area contributed by atoms with Crippen LogP contribution in [0.5, 0.6) is 5.75 Å². The van der Waals surface area contributed by atoms with Gasteiger partial charge in [-0.2, -0.15) is 0 Å². The molecule has 19 heavy (non-hydrogen) atoms. The highest BCUT2D eigenvalue weighted by Crippen LogP contribution is 2.36. The lowest BCUT2D eigenvalue weighted by atomic mass is 9.88. The molecule has 3 nitrogen and oxygen atoms in total. The molecule has 1 atom stereocenters. The van der Waals surface area contributed by atoms with Crippen LogP contribution in [0.15, 0.2) is 18.2 Å². The monoisotopic (exact) mass is 267 g/mol. The van der Waals surface area contributed by atoms with E-state index in [1.165, 1.54) is 13.2 Å². The van der Waals surface area contributed by atoms with E-state index in [0.29, 0.717) is 6.42 Å². The van der Waals surface area contributed by atoms with Gasteiger partial charge in [0.05, 0.1) is 12.7 Å². The number of hydrogen-bond donors (Lipinski definition) is 1. The summed E-state index contributed by atoms with van der Waals surface area (Å²) < 4.78 is 24.2. The van der Waals surface area contributed by atoms with Crippen molar-refractivity contribution in [1.82, 2.24) is 0 Å². The first kappa shape index (κ1) is 14.3. The highest BCUT2D eigenvalue weighted by Gasteiger charge is 2.39. The van der Waals surface area contributed by atoms with Crippen LogP contribution >= 0.6 is 0 Å². The van der Waals surface area contributed by atoms with Gasteiger partial charge in [-0.25, -0.2) is 4.39 Å². The quantitative estimate of drug-likeness (QED) is 0.892. The zero-order chi connectivity index (χ0) is 13.9. The van der Waals surface area contributed by atoms with Crippen LogP contribution in [0.4, 0.5) is 4.39 Å². The summed E-state index contributed by atoms with van der Waals surface area (Å²) in [7, 11) is 3.18. The van der Waals surface area contributed by atoms with Gasteiger partial charge in [-0.3, -0.25) is 0 Å². The molecular weight excluding hydrogens is 245 g/mol. The van der Waals surface area contributed by atoms with Gasteiger partial charge >= 0.3 is 0 Å². The number of methoxy groups -OCH3 is 2. The van der Waals surface area contributed by atoms with E-state index in [9.17, 15) is 4.39 Å². The molecular formula is C15H22FNO2. The summed E-state index contributed by atoms with van der Waals surface area (Å²) in [4.78, 5) is 0. The van der Waals surface area contributed by atoms with Crippen molar-refractivity contribution < 1.29 is 13.9 Å². The average molecular weight is 267 g/mol. The molecule has 4 heteroatoms. The molecule has 1 aromatic carbocycles. The SMILES string of the molecule is COc1ccc(CC(N)C2(OC)CCCC2)cc1F. The summed E-state index contributed by atoms with van der Waals surface area (Å²) in [5.41, 5.74) is 6.94. The average Bonchev–Trinajstić information content (AvgIpc) is 2.89. The molecule has 0 saturated heterocycles. The van der Waals surface area contributed by atoms with E-state index in [2.05, 4.69) is 0 Å². The summed E-state index contributed by atoms with van der Waals surface area (Å²) in [6.45, 7) is 0. The number of hydrogen-bond acceptors (Lipinski definition) is 3. The number of nitrogens with two attached hydrogens (primary N) is 1. The van der Waals surface area contributed by atoms with Crippen LogP contribution in [-0.4, -0.2) is 25.9 Å². The molecule has 106 valence electrons. The Labute approximate surface area is 113 Å². The van der Waals surface area contributed by atoms with E-state index < -0.39 is 0 Å². The van der Waals surface area contributed by atoms with Crippen LogP contribution in [-0.2, 0) is 11.2 Å². The van der Waals surface area contributed by atoms with Crippen molar-refractivity contribution in [2.24, 2.45) is 5.73 Å². The molecule has 1 aromatic rings. The first-order valence-corrected chi connectivity index (χ1v) is 6.74. The Bertz CT molecular complexity index is 430. The second kappa shape index (κ2) is 5.88. The molecule has 1 aliphatic carbocycles. The summed E-state index contributed by atoms with van der Waals surface area (Å²) in [5, 5.41) is 0. The van der Waals surface area contributed by atoms with Gasteiger partial charge in [-0.05, 0) is 37.0 Å². The lowest BCUT2D eigenvalue weighted by Gasteiger charge is -2.34. The predicted octanol–water partition coefficient (Wildman–Crippen LogP) is 2.66. The Morgan fingerprint density at radius 2 is 2.00 bits per heavy atom. The molecule has 1 fully saturated rings. The first-order valence-electron chi connectivity index (χ1n) is 6.74. The van der Waals surface area contributed by atoms with E-state index in [1.807, 2.05) is 6.07 Å².